The quantitative estimate of drug-likeness (QED) is 0.553. The topological polar surface area (TPSA) is 96.0 Å². The van der Waals surface area contributed by atoms with Gasteiger partial charge in [-0.1, -0.05) is 0 Å². The second kappa shape index (κ2) is 8.10. The van der Waals surface area contributed by atoms with E-state index in [9.17, 15) is 4.55 Å². The third kappa shape index (κ3) is 3.93. The number of rotatable bonds is 5. The molecule has 1 unspecified atom stereocenters. The first kappa shape index (κ1) is 19.6. The number of imidazole rings is 1. The van der Waals surface area contributed by atoms with E-state index in [2.05, 4.69) is 19.9 Å². The van der Waals surface area contributed by atoms with E-state index in [1.165, 1.54) is 0 Å². The molecule has 1 N–H and O–H groups in total. The third-order valence-electron chi connectivity index (χ3n) is 3.74. The predicted molar refractivity (Wildman–Crippen MR) is 98.0 cm³/mol. The number of hydrogen-bond donors (Lipinski definition) is 1. The molecule has 128 valence electrons. The average molecular weight is 354 g/mol. The molecule has 0 aliphatic carbocycles. The summed E-state index contributed by atoms with van der Waals surface area (Å²) >= 11 is -1.37. The fourth-order valence-electron chi connectivity index (χ4n) is 2.48. The monoisotopic (exact) mass is 354 g/mol. The molecule has 0 radical (unpaired) electrons. The zero-order valence-electron chi connectivity index (χ0n) is 13.9. The summed E-state index contributed by atoms with van der Waals surface area (Å²) < 4.78 is 23.1. The van der Waals surface area contributed by atoms with Crippen LogP contribution in [0.25, 0.3) is 11.2 Å². The van der Waals surface area contributed by atoms with Crippen molar-refractivity contribution in [3.8, 4) is 11.6 Å². The van der Waals surface area contributed by atoms with E-state index in [-0.39, 0.29) is 24.6 Å². The number of aromatic nitrogens is 4. The van der Waals surface area contributed by atoms with E-state index in [4.69, 9.17) is 9.47 Å². The fraction of sp³-hybridized carbons (Fsp3) is 0.312. The van der Waals surface area contributed by atoms with Crippen molar-refractivity contribution < 1.29 is 14.0 Å². The Labute approximate surface area is 160 Å². The van der Waals surface area contributed by atoms with Crippen LogP contribution in [0.4, 0.5) is 0 Å². The second-order valence-corrected chi connectivity index (χ2v) is 6.67. The number of fused-ring (bicyclic) bond motifs is 1. The summed E-state index contributed by atoms with van der Waals surface area (Å²) in [6.07, 6.45) is 1.73. The first-order valence-electron chi connectivity index (χ1n) is 7.31. The number of nitrogens with one attached hydrogen (secondary N) is 1. The molecule has 0 saturated heterocycles. The molecule has 3 aromatic heterocycles. The van der Waals surface area contributed by atoms with Crippen LogP contribution in [0.1, 0.15) is 16.8 Å². The van der Waals surface area contributed by atoms with Crippen molar-refractivity contribution in [3.05, 3.63) is 35.2 Å². The molecular weight excluding hydrogens is 335 g/mol. The van der Waals surface area contributed by atoms with Crippen molar-refractivity contribution in [3.63, 3.8) is 0 Å². The molecule has 1 atom stereocenters. The van der Waals surface area contributed by atoms with Gasteiger partial charge in [0.05, 0.1) is 25.4 Å². The van der Waals surface area contributed by atoms with E-state index in [0.717, 1.165) is 22.6 Å². The number of aryl methyl sites for hydroxylation is 1. The first-order valence-corrected chi connectivity index (χ1v) is 8.63. The molecule has 0 aliphatic heterocycles. The van der Waals surface area contributed by atoms with Crippen LogP contribution in [0, 0.1) is 13.8 Å². The number of H-pyrrole nitrogens is 1. The Morgan fingerprint density at radius 2 is 1.92 bits per heavy atom. The van der Waals surface area contributed by atoms with Gasteiger partial charge < -0.3 is 14.0 Å². The molecule has 0 spiro atoms. The van der Waals surface area contributed by atoms with Crippen LogP contribution in [0.15, 0.2) is 23.5 Å². The number of pyridine rings is 2. The maximum absolute atomic E-state index is 12.7. The summed E-state index contributed by atoms with van der Waals surface area (Å²) in [5, 5.41) is 0.367. The summed E-state index contributed by atoms with van der Waals surface area (Å²) in [6, 6.07) is 3.52. The molecule has 0 fully saturated rings. The SMILES string of the molecule is COc1ccc2[nH]c([S+]([O-])Cc3ncc(C)c(OC)c3C)nc2n1.[LiH]. The van der Waals surface area contributed by atoms with Gasteiger partial charge in [0, 0.05) is 34.6 Å². The molecule has 3 aromatic rings. The number of methoxy groups -OCH3 is 2. The van der Waals surface area contributed by atoms with Crippen LogP contribution in [-0.2, 0) is 16.9 Å². The molecule has 7 nitrogen and oxygen atoms in total. The maximum atomic E-state index is 12.7. The number of ether oxygens (including phenoxy) is 2. The second-order valence-electron chi connectivity index (χ2n) is 5.30. The third-order valence-corrected chi connectivity index (χ3v) is 4.90. The average Bonchev–Trinajstić information content (AvgIpc) is 3.01. The molecule has 9 heteroatoms. The Morgan fingerprint density at radius 1 is 1.16 bits per heavy atom. The van der Waals surface area contributed by atoms with E-state index in [0.29, 0.717) is 22.2 Å². The summed E-state index contributed by atoms with van der Waals surface area (Å²) in [5.41, 5.74) is 3.75. The molecular formula is C16H19LiN4O3S. The molecule has 25 heavy (non-hydrogen) atoms. The molecule has 0 amide bonds. The zero-order chi connectivity index (χ0) is 17.3. The van der Waals surface area contributed by atoms with Gasteiger partial charge in [-0.25, -0.2) is 0 Å². The van der Waals surface area contributed by atoms with Gasteiger partial charge in [0.25, 0.3) is 0 Å². The first-order chi connectivity index (χ1) is 11.5. The van der Waals surface area contributed by atoms with Gasteiger partial charge in [-0.15, -0.1) is 0 Å². The molecule has 3 heterocycles. The summed E-state index contributed by atoms with van der Waals surface area (Å²) in [6.45, 7) is 3.84. The van der Waals surface area contributed by atoms with Gasteiger partial charge >= 0.3 is 24.0 Å². The molecule has 0 aromatic carbocycles. The van der Waals surface area contributed by atoms with Gasteiger partial charge in [0.15, 0.2) is 11.4 Å². The normalized spacial score (nSPS) is 11.9. The Balaban J connectivity index is 0.00000225. The van der Waals surface area contributed by atoms with Gasteiger partial charge in [-0.2, -0.15) is 9.97 Å². The number of aromatic amines is 1. The van der Waals surface area contributed by atoms with Crippen molar-refractivity contribution in [2.24, 2.45) is 0 Å². The van der Waals surface area contributed by atoms with E-state index in [1.54, 1.807) is 32.5 Å². The van der Waals surface area contributed by atoms with Crippen LogP contribution in [0.5, 0.6) is 11.6 Å². The summed E-state index contributed by atoms with van der Waals surface area (Å²) in [7, 11) is 3.16. The van der Waals surface area contributed by atoms with E-state index in [1.807, 2.05) is 13.8 Å². The van der Waals surface area contributed by atoms with Crippen LogP contribution in [0.3, 0.4) is 0 Å². The minimum atomic E-state index is -1.37. The van der Waals surface area contributed by atoms with Crippen molar-refractivity contribution in [1.82, 2.24) is 19.9 Å². The molecule has 3 rings (SSSR count). The van der Waals surface area contributed by atoms with Crippen LogP contribution < -0.4 is 9.47 Å². The number of hydrogen-bond acceptors (Lipinski definition) is 6. The standard InChI is InChI=1S/C16H18N4O3S.Li.H/c1-9-7-17-12(10(2)14(9)23-4)8-24(21)16-18-11-5-6-13(22-3)19-15(11)20-16;;/h5-7H,8H2,1-4H3,(H,18,19,20);;. The predicted octanol–water partition coefficient (Wildman–Crippen LogP) is 1.65. The van der Waals surface area contributed by atoms with Gasteiger partial charge in [-0.3, -0.25) is 9.97 Å². The summed E-state index contributed by atoms with van der Waals surface area (Å²) in [4.78, 5) is 15.9. The Hall–Kier alpha value is -1.72. The van der Waals surface area contributed by atoms with Crippen LogP contribution in [0.2, 0.25) is 0 Å². The molecule has 0 bridgehead atoms. The van der Waals surface area contributed by atoms with E-state index >= 15 is 0 Å². The van der Waals surface area contributed by atoms with E-state index < -0.39 is 11.2 Å². The summed E-state index contributed by atoms with van der Waals surface area (Å²) in [5.74, 6) is 1.49. The van der Waals surface area contributed by atoms with Gasteiger partial charge in [0.1, 0.15) is 5.75 Å². The van der Waals surface area contributed by atoms with Gasteiger partial charge in [0.2, 0.25) is 5.88 Å². The van der Waals surface area contributed by atoms with Crippen molar-refractivity contribution in [2.75, 3.05) is 14.2 Å². The van der Waals surface area contributed by atoms with Crippen molar-refractivity contribution in [2.45, 2.75) is 24.8 Å². The Morgan fingerprint density at radius 3 is 2.60 bits per heavy atom. The minimum absolute atomic E-state index is 0. The molecule has 0 aliphatic rings. The Kier molecular flexibility index (Phi) is 6.35. The van der Waals surface area contributed by atoms with Gasteiger partial charge in [-0.05, 0) is 19.9 Å². The zero-order valence-corrected chi connectivity index (χ0v) is 14.7. The number of nitrogens with zero attached hydrogens (tertiary/aromatic N) is 3. The van der Waals surface area contributed by atoms with Crippen LogP contribution in [-0.4, -0.2) is 57.6 Å². The van der Waals surface area contributed by atoms with Crippen LogP contribution >= 0.6 is 0 Å². The fourth-order valence-corrected chi connectivity index (χ4v) is 3.57. The Bertz CT molecular complexity index is 887. The van der Waals surface area contributed by atoms with Crippen molar-refractivity contribution in [1.29, 1.82) is 0 Å². The molecule has 0 saturated carbocycles. The van der Waals surface area contributed by atoms with Crippen molar-refractivity contribution >= 4 is 41.2 Å².